The van der Waals surface area contributed by atoms with Crippen molar-refractivity contribution < 1.29 is 9.47 Å². The van der Waals surface area contributed by atoms with Crippen LogP contribution >= 0.6 is 0 Å². The molecule has 0 aliphatic heterocycles. The molecule has 2 rings (SSSR count). The molecule has 0 heterocycles. The first-order valence-corrected chi connectivity index (χ1v) is 6.43. The highest BCUT2D eigenvalue weighted by molar-refractivity contribution is 5.40. The fraction of sp³-hybridized carbons (Fsp3) is 0.571. The molecule has 100 valence electrons. The molecule has 0 saturated heterocycles. The fourth-order valence-corrected chi connectivity index (χ4v) is 2.00. The molecule has 0 spiro atoms. The summed E-state index contributed by atoms with van der Waals surface area (Å²) >= 11 is 0. The van der Waals surface area contributed by atoms with Crippen molar-refractivity contribution in [1.82, 2.24) is 5.32 Å². The average molecular weight is 250 g/mol. The Morgan fingerprint density at radius 1 is 1.22 bits per heavy atom. The molecule has 1 aromatic rings. The summed E-state index contributed by atoms with van der Waals surface area (Å²) in [5.41, 5.74) is 6.97. The zero-order valence-electron chi connectivity index (χ0n) is 11.1. The van der Waals surface area contributed by atoms with Crippen molar-refractivity contribution >= 4 is 0 Å². The maximum atomic E-state index is 5.85. The molecule has 0 aromatic heterocycles. The van der Waals surface area contributed by atoms with E-state index in [0.29, 0.717) is 6.54 Å². The van der Waals surface area contributed by atoms with Crippen LogP contribution in [0.5, 0.6) is 11.5 Å². The van der Waals surface area contributed by atoms with E-state index in [4.69, 9.17) is 15.2 Å². The molecular formula is C14H22N2O2. The second kappa shape index (κ2) is 6.07. The number of methoxy groups -OCH3 is 2. The first-order chi connectivity index (χ1) is 8.76. The van der Waals surface area contributed by atoms with Crippen LogP contribution in [0.2, 0.25) is 0 Å². The predicted octanol–water partition coefficient (Wildman–Crippen LogP) is 1.70. The fourth-order valence-electron chi connectivity index (χ4n) is 2.00. The van der Waals surface area contributed by atoms with Crippen LogP contribution in [0.25, 0.3) is 0 Å². The Morgan fingerprint density at radius 3 is 2.28 bits per heavy atom. The first-order valence-electron chi connectivity index (χ1n) is 6.43. The third kappa shape index (κ3) is 3.37. The zero-order valence-corrected chi connectivity index (χ0v) is 11.1. The highest BCUT2D eigenvalue weighted by Gasteiger charge is 2.22. The SMILES string of the molecule is COc1cc(OC)cc(C(CN)NCC2CC2)c1. The van der Waals surface area contributed by atoms with Gasteiger partial charge in [0.15, 0.2) is 0 Å². The Balaban J connectivity index is 2.11. The second-order valence-corrected chi connectivity index (χ2v) is 4.79. The normalized spacial score (nSPS) is 16.4. The summed E-state index contributed by atoms with van der Waals surface area (Å²) in [6.07, 6.45) is 2.68. The van der Waals surface area contributed by atoms with Crippen molar-refractivity contribution in [3.8, 4) is 11.5 Å². The minimum atomic E-state index is 0.162. The molecule has 3 N–H and O–H groups in total. The lowest BCUT2D eigenvalue weighted by Crippen LogP contribution is -2.29. The molecule has 0 amide bonds. The lowest BCUT2D eigenvalue weighted by Gasteiger charge is -2.18. The summed E-state index contributed by atoms with van der Waals surface area (Å²) in [5, 5.41) is 3.51. The van der Waals surface area contributed by atoms with Crippen LogP contribution in [0.4, 0.5) is 0 Å². The number of benzene rings is 1. The molecule has 1 atom stereocenters. The van der Waals surface area contributed by atoms with Crippen LogP contribution in [0.1, 0.15) is 24.4 Å². The van der Waals surface area contributed by atoms with E-state index in [1.54, 1.807) is 14.2 Å². The summed E-state index contributed by atoms with van der Waals surface area (Å²) in [6.45, 7) is 1.62. The van der Waals surface area contributed by atoms with Crippen molar-refractivity contribution in [2.24, 2.45) is 11.7 Å². The van der Waals surface area contributed by atoms with E-state index in [9.17, 15) is 0 Å². The standard InChI is InChI=1S/C14H22N2O2/c1-17-12-5-11(6-13(7-12)18-2)14(8-15)16-9-10-3-4-10/h5-7,10,14,16H,3-4,8-9,15H2,1-2H3. The highest BCUT2D eigenvalue weighted by Crippen LogP contribution is 2.30. The average Bonchev–Trinajstić information content (AvgIpc) is 3.23. The molecule has 4 nitrogen and oxygen atoms in total. The van der Waals surface area contributed by atoms with Crippen LogP contribution in [-0.2, 0) is 0 Å². The number of rotatable bonds is 7. The van der Waals surface area contributed by atoms with Gasteiger partial charge in [0.25, 0.3) is 0 Å². The molecule has 0 radical (unpaired) electrons. The summed E-state index contributed by atoms with van der Waals surface area (Å²) in [7, 11) is 3.32. The van der Waals surface area contributed by atoms with Crippen molar-refractivity contribution in [1.29, 1.82) is 0 Å². The topological polar surface area (TPSA) is 56.5 Å². The predicted molar refractivity (Wildman–Crippen MR) is 72.1 cm³/mol. The van der Waals surface area contributed by atoms with Gasteiger partial charge in [0.05, 0.1) is 14.2 Å². The van der Waals surface area contributed by atoms with Crippen molar-refractivity contribution in [2.45, 2.75) is 18.9 Å². The largest absolute Gasteiger partial charge is 0.497 e. The van der Waals surface area contributed by atoms with Gasteiger partial charge in [-0.1, -0.05) is 0 Å². The molecule has 18 heavy (non-hydrogen) atoms. The summed E-state index contributed by atoms with van der Waals surface area (Å²) in [6, 6.07) is 6.06. The van der Waals surface area contributed by atoms with Crippen LogP contribution in [0.15, 0.2) is 18.2 Å². The highest BCUT2D eigenvalue weighted by atomic mass is 16.5. The second-order valence-electron chi connectivity index (χ2n) is 4.79. The molecule has 0 bridgehead atoms. The number of ether oxygens (including phenoxy) is 2. The third-order valence-corrected chi connectivity index (χ3v) is 3.36. The Bertz CT molecular complexity index is 369. The zero-order chi connectivity index (χ0) is 13.0. The molecule has 1 aliphatic rings. The van der Waals surface area contributed by atoms with E-state index in [-0.39, 0.29) is 6.04 Å². The molecule has 1 unspecified atom stereocenters. The number of nitrogens with two attached hydrogens (primary N) is 1. The van der Waals surface area contributed by atoms with Crippen LogP contribution in [-0.4, -0.2) is 27.3 Å². The number of nitrogens with one attached hydrogen (secondary N) is 1. The maximum Gasteiger partial charge on any atom is 0.122 e. The van der Waals surface area contributed by atoms with Gasteiger partial charge in [-0.2, -0.15) is 0 Å². The molecule has 1 aromatic carbocycles. The molecule has 1 aliphatic carbocycles. The van der Waals surface area contributed by atoms with Crippen molar-refractivity contribution in [2.75, 3.05) is 27.3 Å². The number of hydrogen-bond donors (Lipinski definition) is 2. The van der Waals surface area contributed by atoms with E-state index in [2.05, 4.69) is 5.32 Å². The molecule has 4 heteroatoms. The Hall–Kier alpha value is -1.26. The van der Waals surface area contributed by atoms with Gasteiger partial charge >= 0.3 is 0 Å². The van der Waals surface area contributed by atoms with Crippen LogP contribution in [0.3, 0.4) is 0 Å². The third-order valence-electron chi connectivity index (χ3n) is 3.36. The molecule has 1 saturated carbocycles. The van der Waals surface area contributed by atoms with Gasteiger partial charge in [-0.05, 0) is 43.0 Å². The van der Waals surface area contributed by atoms with E-state index in [1.165, 1.54) is 12.8 Å². The molecule has 1 fully saturated rings. The van der Waals surface area contributed by atoms with E-state index in [1.807, 2.05) is 18.2 Å². The Kier molecular flexibility index (Phi) is 4.44. The minimum Gasteiger partial charge on any atom is -0.497 e. The van der Waals surface area contributed by atoms with E-state index < -0.39 is 0 Å². The van der Waals surface area contributed by atoms with Gasteiger partial charge in [-0.3, -0.25) is 0 Å². The van der Waals surface area contributed by atoms with Gasteiger partial charge in [0.2, 0.25) is 0 Å². The lowest BCUT2D eigenvalue weighted by molar-refractivity contribution is 0.391. The number of hydrogen-bond acceptors (Lipinski definition) is 4. The van der Waals surface area contributed by atoms with Crippen LogP contribution < -0.4 is 20.5 Å². The van der Waals surface area contributed by atoms with Gasteiger partial charge in [0.1, 0.15) is 11.5 Å². The van der Waals surface area contributed by atoms with Gasteiger partial charge in [0, 0.05) is 18.7 Å². The van der Waals surface area contributed by atoms with Crippen molar-refractivity contribution in [3.63, 3.8) is 0 Å². The smallest absolute Gasteiger partial charge is 0.122 e. The van der Waals surface area contributed by atoms with Crippen molar-refractivity contribution in [3.05, 3.63) is 23.8 Å². The summed E-state index contributed by atoms with van der Waals surface area (Å²) in [4.78, 5) is 0. The Labute approximate surface area is 108 Å². The monoisotopic (exact) mass is 250 g/mol. The lowest BCUT2D eigenvalue weighted by atomic mass is 10.1. The summed E-state index contributed by atoms with van der Waals surface area (Å²) < 4.78 is 10.6. The summed E-state index contributed by atoms with van der Waals surface area (Å²) in [5.74, 6) is 2.44. The van der Waals surface area contributed by atoms with E-state index in [0.717, 1.165) is 29.5 Å². The quantitative estimate of drug-likeness (QED) is 0.773. The van der Waals surface area contributed by atoms with Crippen LogP contribution in [0, 0.1) is 5.92 Å². The minimum absolute atomic E-state index is 0.162. The molecular weight excluding hydrogens is 228 g/mol. The van der Waals surface area contributed by atoms with Gasteiger partial charge < -0.3 is 20.5 Å². The maximum absolute atomic E-state index is 5.85. The first kappa shape index (κ1) is 13.2. The van der Waals surface area contributed by atoms with E-state index >= 15 is 0 Å². The van der Waals surface area contributed by atoms with Gasteiger partial charge in [-0.25, -0.2) is 0 Å². The Morgan fingerprint density at radius 2 is 1.83 bits per heavy atom. The van der Waals surface area contributed by atoms with Gasteiger partial charge in [-0.15, -0.1) is 0 Å².